The van der Waals surface area contributed by atoms with Crippen LogP contribution in [-0.2, 0) is 12.9 Å². The quantitative estimate of drug-likeness (QED) is 0.656. The Labute approximate surface area is 120 Å². The smallest absolute Gasteiger partial charge is 0.162 e. The van der Waals surface area contributed by atoms with Crippen LogP contribution in [0.2, 0.25) is 0 Å². The van der Waals surface area contributed by atoms with Crippen molar-refractivity contribution < 1.29 is 4.21 Å². The summed E-state index contributed by atoms with van der Waals surface area (Å²) >= 11 is 0. The molecule has 2 rings (SSSR count). The zero-order valence-corrected chi connectivity index (χ0v) is 13.9. The lowest BCUT2D eigenvalue weighted by atomic mass is 9.86. The van der Waals surface area contributed by atoms with Gasteiger partial charge in [0.1, 0.15) is 4.08 Å². The zero-order chi connectivity index (χ0) is 12.5. The topological polar surface area (TPSA) is 17.1 Å². The van der Waals surface area contributed by atoms with E-state index in [1.807, 2.05) is 6.07 Å². The fraction of sp³-hybridized carbons (Fsp3) is 0.455. The molecular formula is C11H14OS5. The van der Waals surface area contributed by atoms with Gasteiger partial charge in [-0.25, -0.2) is 4.21 Å². The Kier molecular flexibility index (Phi) is 4.51. The van der Waals surface area contributed by atoms with E-state index in [1.165, 1.54) is 25.2 Å². The highest BCUT2D eigenvalue weighted by atomic mass is 33.8. The fourth-order valence-corrected chi connectivity index (χ4v) is 15.4. The molecule has 1 nitrogen and oxygen atoms in total. The van der Waals surface area contributed by atoms with Crippen LogP contribution in [0.5, 0.6) is 0 Å². The lowest BCUT2D eigenvalue weighted by Gasteiger charge is -2.44. The summed E-state index contributed by atoms with van der Waals surface area (Å²) in [6.07, 6.45) is 0. The molecule has 0 N–H and O–H groups in total. The lowest BCUT2D eigenvalue weighted by Crippen LogP contribution is -2.33. The molecule has 0 amide bonds. The maximum atomic E-state index is 11.5. The second-order valence-corrected chi connectivity index (χ2v) is 14.0. The molecule has 1 aromatic carbocycles. The molecule has 17 heavy (non-hydrogen) atoms. The molecule has 94 valence electrons. The summed E-state index contributed by atoms with van der Waals surface area (Å²) in [6.45, 7) is 6.74. The Balaban J connectivity index is 2.42. The normalized spacial score (nSPS) is 30.2. The second kappa shape index (κ2) is 5.41. The van der Waals surface area contributed by atoms with Gasteiger partial charge in [0.25, 0.3) is 0 Å². The van der Waals surface area contributed by atoms with Gasteiger partial charge in [-0.05, 0) is 11.0 Å². The SMILES string of the molecule is CC(C)(C)C1(c2ccccc2)SSS(=O)SS1. The average molecular weight is 323 g/mol. The van der Waals surface area contributed by atoms with E-state index in [-0.39, 0.29) is 9.49 Å². The Hall–Kier alpha value is 0.770. The van der Waals surface area contributed by atoms with E-state index >= 15 is 0 Å². The van der Waals surface area contributed by atoms with Gasteiger partial charge in [0, 0.05) is 19.7 Å². The minimum Gasteiger partial charge on any atom is -0.234 e. The van der Waals surface area contributed by atoms with Crippen molar-refractivity contribution in [3.63, 3.8) is 0 Å². The first-order chi connectivity index (χ1) is 7.96. The molecule has 0 spiro atoms. The number of benzene rings is 1. The molecule has 1 saturated heterocycles. The van der Waals surface area contributed by atoms with Crippen molar-refractivity contribution in [2.75, 3.05) is 0 Å². The molecule has 0 saturated carbocycles. The maximum absolute atomic E-state index is 11.5. The third-order valence-corrected chi connectivity index (χ3v) is 15.0. The van der Waals surface area contributed by atoms with E-state index in [0.717, 1.165) is 0 Å². The highest BCUT2D eigenvalue weighted by Gasteiger charge is 2.49. The Morgan fingerprint density at radius 1 is 1.06 bits per heavy atom. The molecule has 0 aliphatic carbocycles. The Morgan fingerprint density at radius 3 is 2.06 bits per heavy atom. The summed E-state index contributed by atoms with van der Waals surface area (Å²) in [6, 6.07) is 10.5. The van der Waals surface area contributed by atoms with Crippen LogP contribution in [0, 0.1) is 5.41 Å². The van der Waals surface area contributed by atoms with E-state index in [9.17, 15) is 4.21 Å². The van der Waals surface area contributed by atoms with Crippen LogP contribution in [0.3, 0.4) is 0 Å². The molecule has 1 aliphatic rings. The van der Waals surface area contributed by atoms with Crippen molar-refractivity contribution in [2.45, 2.75) is 24.9 Å². The van der Waals surface area contributed by atoms with Crippen LogP contribution in [0.25, 0.3) is 0 Å². The Bertz CT molecular complexity index is 402. The first-order valence-corrected chi connectivity index (χ1v) is 11.6. The van der Waals surface area contributed by atoms with Crippen molar-refractivity contribution in [1.29, 1.82) is 0 Å². The largest absolute Gasteiger partial charge is 0.234 e. The fourth-order valence-electron chi connectivity index (χ4n) is 1.61. The molecule has 0 radical (unpaired) electrons. The van der Waals surface area contributed by atoms with E-state index in [2.05, 4.69) is 45.0 Å². The van der Waals surface area contributed by atoms with Crippen molar-refractivity contribution in [3.05, 3.63) is 35.9 Å². The third kappa shape index (κ3) is 2.86. The van der Waals surface area contributed by atoms with Gasteiger partial charge < -0.3 is 0 Å². The number of rotatable bonds is 1. The van der Waals surface area contributed by atoms with E-state index in [4.69, 9.17) is 0 Å². The van der Waals surface area contributed by atoms with Crippen molar-refractivity contribution in [3.8, 4) is 0 Å². The van der Waals surface area contributed by atoms with Gasteiger partial charge >= 0.3 is 0 Å². The first-order valence-electron chi connectivity index (χ1n) is 5.15. The standard InChI is InChI=1S/C11H14OS5/c1-10(2,3)11(9-7-5-4-6-8-9)13-15-17(12)16-14-11/h4-8H,1-3H3. The summed E-state index contributed by atoms with van der Waals surface area (Å²) < 4.78 is 11.5. The number of hydrogen-bond donors (Lipinski definition) is 0. The molecule has 0 aromatic heterocycles. The first kappa shape index (κ1) is 14.2. The highest BCUT2D eigenvalue weighted by Crippen LogP contribution is 2.70. The molecule has 1 aromatic rings. The van der Waals surface area contributed by atoms with Crippen LogP contribution < -0.4 is 0 Å². The molecule has 6 heteroatoms. The van der Waals surface area contributed by atoms with Gasteiger partial charge in [-0.3, -0.25) is 0 Å². The van der Waals surface area contributed by atoms with Gasteiger partial charge in [0.05, 0.1) is 0 Å². The molecule has 0 unspecified atom stereocenters. The van der Waals surface area contributed by atoms with Gasteiger partial charge in [-0.1, -0.05) is 72.7 Å². The average Bonchev–Trinajstić information content (AvgIpc) is 2.30. The van der Waals surface area contributed by atoms with Gasteiger partial charge in [-0.2, -0.15) is 0 Å². The van der Waals surface area contributed by atoms with Crippen LogP contribution in [0.1, 0.15) is 26.3 Å². The summed E-state index contributed by atoms with van der Waals surface area (Å²) in [5, 5.41) is 0. The molecule has 1 fully saturated rings. The highest BCUT2D eigenvalue weighted by molar-refractivity contribution is 9.34. The van der Waals surface area contributed by atoms with Gasteiger partial charge in [0.15, 0.2) is 8.86 Å². The predicted octanol–water partition coefficient (Wildman–Crippen LogP) is 5.24. The summed E-state index contributed by atoms with van der Waals surface area (Å²) in [7, 11) is 5.59. The number of hydrogen-bond acceptors (Lipinski definition) is 5. The second-order valence-electron chi connectivity index (χ2n) is 4.74. The predicted molar refractivity (Wildman–Crippen MR) is 86.1 cm³/mol. The minimum atomic E-state index is -0.836. The van der Waals surface area contributed by atoms with Crippen LogP contribution in [-0.4, -0.2) is 4.21 Å². The van der Waals surface area contributed by atoms with Crippen LogP contribution in [0.15, 0.2) is 30.3 Å². The van der Waals surface area contributed by atoms with Crippen LogP contribution in [0.4, 0.5) is 0 Å². The Morgan fingerprint density at radius 2 is 1.59 bits per heavy atom. The van der Waals surface area contributed by atoms with Crippen molar-refractivity contribution >= 4 is 50.1 Å². The molecule has 0 bridgehead atoms. The van der Waals surface area contributed by atoms with E-state index < -0.39 is 8.86 Å². The summed E-state index contributed by atoms with van der Waals surface area (Å²) in [4.78, 5) is 0. The van der Waals surface area contributed by atoms with Crippen molar-refractivity contribution in [2.24, 2.45) is 5.41 Å². The zero-order valence-electron chi connectivity index (χ0n) is 9.84. The lowest BCUT2D eigenvalue weighted by molar-refractivity contribution is 0.376. The third-order valence-electron chi connectivity index (χ3n) is 2.56. The van der Waals surface area contributed by atoms with Crippen LogP contribution >= 0.6 is 41.2 Å². The maximum Gasteiger partial charge on any atom is 0.162 e. The minimum absolute atomic E-state index is 0.0441. The molecule has 1 aliphatic heterocycles. The molecule has 0 atom stereocenters. The van der Waals surface area contributed by atoms with Gasteiger partial charge in [-0.15, -0.1) is 0 Å². The van der Waals surface area contributed by atoms with Gasteiger partial charge in [0.2, 0.25) is 0 Å². The van der Waals surface area contributed by atoms with Crippen molar-refractivity contribution in [1.82, 2.24) is 0 Å². The van der Waals surface area contributed by atoms with E-state index in [0.29, 0.717) is 0 Å². The molecular weight excluding hydrogens is 308 g/mol. The summed E-state index contributed by atoms with van der Waals surface area (Å²) in [5.74, 6) is 0. The molecule has 1 heterocycles. The monoisotopic (exact) mass is 322 g/mol. The summed E-state index contributed by atoms with van der Waals surface area (Å²) in [5.41, 5.74) is 1.41. The van der Waals surface area contributed by atoms with E-state index in [1.54, 1.807) is 21.6 Å².